The molecule has 96 valence electrons. The fourth-order valence-corrected chi connectivity index (χ4v) is 1.98. The number of hydrogen-bond acceptors (Lipinski definition) is 3. The molecule has 4 heteroatoms. The van der Waals surface area contributed by atoms with Crippen molar-refractivity contribution in [2.45, 2.75) is 46.1 Å². The first kappa shape index (κ1) is 14.0. The molecule has 1 rings (SSSR count). The number of piperidine rings is 1. The van der Waals surface area contributed by atoms with E-state index >= 15 is 0 Å². The minimum Gasteiger partial charge on any atom is -0.350 e. The summed E-state index contributed by atoms with van der Waals surface area (Å²) < 4.78 is 0. The maximum absolute atomic E-state index is 11.7. The quantitative estimate of drug-likeness (QED) is 0.792. The van der Waals surface area contributed by atoms with Gasteiger partial charge in [-0.15, -0.1) is 0 Å². The van der Waals surface area contributed by atoms with Crippen LogP contribution in [0.5, 0.6) is 0 Å². The summed E-state index contributed by atoms with van der Waals surface area (Å²) in [5.74, 6) is 0.0676. The minimum atomic E-state index is -0.197. The number of nitrogens with zero attached hydrogens (tertiary/aromatic N) is 2. The summed E-state index contributed by atoms with van der Waals surface area (Å²) in [6.07, 6.45) is 1.71. The number of nitrogens with one attached hydrogen (secondary N) is 1. The molecule has 17 heavy (non-hydrogen) atoms. The van der Waals surface area contributed by atoms with E-state index in [1.807, 2.05) is 27.7 Å². The van der Waals surface area contributed by atoms with Crippen molar-refractivity contribution in [3.63, 3.8) is 0 Å². The third kappa shape index (κ3) is 4.74. The van der Waals surface area contributed by atoms with Gasteiger partial charge in [0.15, 0.2) is 0 Å². The fraction of sp³-hybridized carbons (Fsp3) is 0.846. The smallest absolute Gasteiger partial charge is 0.234 e. The van der Waals surface area contributed by atoms with E-state index in [1.165, 1.54) is 0 Å². The van der Waals surface area contributed by atoms with Crippen LogP contribution in [0.3, 0.4) is 0 Å². The molecule has 0 atom stereocenters. The Bertz CT molecular complexity index is 317. The van der Waals surface area contributed by atoms with E-state index in [4.69, 9.17) is 5.26 Å². The molecule has 1 aliphatic rings. The zero-order chi connectivity index (χ0) is 13.1. The lowest BCUT2D eigenvalue weighted by Crippen LogP contribution is -2.48. The van der Waals surface area contributed by atoms with Crippen LogP contribution in [0.4, 0.5) is 0 Å². The second-order valence-corrected chi connectivity index (χ2v) is 6.25. The molecule has 0 unspecified atom stereocenters. The molecule has 1 amide bonds. The van der Waals surface area contributed by atoms with Gasteiger partial charge in [0.05, 0.1) is 18.0 Å². The van der Waals surface area contributed by atoms with Crippen LogP contribution in [0.2, 0.25) is 0 Å². The molecule has 0 aromatic heterocycles. The Morgan fingerprint density at radius 3 is 2.35 bits per heavy atom. The molecule has 0 saturated carbocycles. The Morgan fingerprint density at radius 2 is 1.94 bits per heavy atom. The highest BCUT2D eigenvalue weighted by Gasteiger charge is 2.30. The highest BCUT2D eigenvalue weighted by Crippen LogP contribution is 2.29. The Labute approximate surface area is 104 Å². The number of hydrogen-bond donors (Lipinski definition) is 1. The lowest BCUT2D eigenvalue weighted by molar-refractivity contribution is -0.124. The summed E-state index contributed by atoms with van der Waals surface area (Å²) >= 11 is 0. The summed E-state index contributed by atoms with van der Waals surface area (Å²) in [6, 6.07) is 2.37. The standard InChI is InChI=1S/C13H23N3O/c1-12(2,3)15-11(17)9-16-7-5-13(4,10-14)6-8-16/h5-9H2,1-4H3,(H,15,17). The van der Waals surface area contributed by atoms with Crippen LogP contribution in [0.25, 0.3) is 0 Å². The van der Waals surface area contributed by atoms with Crippen LogP contribution >= 0.6 is 0 Å². The first-order valence-corrected chi connectivity index (χ1v) is 6.19. The average Bonchev–Trinajstić information content (AvgIpc) is 2.19. The third-order valence-electron chi connectivity index (χ3n) is 3.11. The van der Waals surface area contributed by atoms with E-state index in [1.54, 1.807) is 0 Å². The number of amides is 1. The molecule has 0 spiro atoms. The minimum absolute atomic E-state index is 0.0676. The van der Waals surface area contributed by atoms with Crippen molar-refractivity contribution < 1.29 is 4.79 Å². The Hall–Kier alpha value is -1.08. The van der Waals surface area contributed by atoms with Crippen molar-refractivity contribution >= 4 is 5.91 Å². The number of nitriles is 1. The van der Waals surface area contributed by atoms with Gasteiger partial charge in [0.1, 0.15) is 0 Å². The number of carbonyl (C=O) groups is 1. The van der Waals surface area contributed by atoms with E-state index in [2.05, 4.69) is 16.3 Å². The zero-order valence-corrected chi connectivity index (χ0v) is 11.3. The van der Waals surface area contributed by atoms with E-state index in [-0.39, 0.29) is 16.9 Å². The van der Waals surface area contributed by atoms with Gasteiger partial charge in [0, 0.05) is 18.6 Å². The number of carbonyl (C=O) groups excluding carboxylic acids is 1. The molecule has 1 heterocycles. The first-order chi connectivity index (χ1) is 7.74. The van der Waals surface area contributed by atoms with E-state index in [0.29, 0.717) is 6.54 Å². The van der Waals surface area contributed by atoms with E-state index < -0.39 is 0 Å². The predicted molar refractivity (Wildman–Crippen MR) is 67.3 cm³/mol. The van der Waals surface area contributed by atoms with Gasteiger partial charge in [-0.05, 0) is 40.5 Å². The van der Waals surface area contributed by atoms with Crippen molar-refractivity contribution in [2.75, 3.05) is 19.6 Å². The van der Waals surface area contributed by atoms with Gasteiger partial charge < -0.3 is 5.32 Å². The highest BCUT2D eigenvalue weighted by molar-refractivity contribution is 5.78. The Kier molecular flexibility index (Phi) is 4.16. The van der Waals surface area contributed by atoms with Crippen LogP contribution in [-0.2, 0) is 4.79 Å². The average molecular weight is 237 g/mol. The molecule has 0 aromatic carbocycles. The SMILES string of the molecule is CC1(C#N)CCN(CC(=O)NC(C)(C)C)CC1. The van der Waals surface area contributed by atoms with Gasteiger partial charge in [-0.2, -0.15) is 5.26 Å². The van der Waals surface area contributed by atoms with Crippen LogP contribution in [0, 0.1) is 16.7 Å². The second kappa shape index (κ2) is 5.05. The number of likely N-dealkylation sites (tertiary alicyclic amines) is 1. The molecule has 1 fully saturated rings. The molecule has 1 N–H and O–H groups in total. The molecular formula is C13H23N3O. The lowest BCUT2D eigenvalue weighted by Gasteiger charge is -2.35. The summed E-state index contributed by atoms with van der Waals surface area (Å²) in [6.45, 7) is 10.1. The van der Waals surface area contributed by atoms with Crippen LogP contribution in [0.15, 0.2) is 0 Å². The van der Waals surface area contributed by atoms with Crippen molar-refractivity contribution in [1.82, 2.24) is 10.2 Å². The molecule has 0 aromatic rings. The van der Waals surface area contributed by atoms with Gasteiger partial charge in [0.25, 0.3) is 0 Å². The highest BCUT2D eigenvalue weighted by atomic mass is 16.2. The third-order valence-corrected chi connectivity index (χ3v) is 3.11. The monoisotopic (exact) mass is 237 g/mol. The Balaban J connectivity index is 2.37. The largest absolute Gasteiger partial charge is 0.350 e. The van der Waals surface area contributed by atoms with Crippen molar-refractivity contribution in [3.05, 3.63) is 0 Å². The summed E-state index contributed by atoms with van der Waals surface area (Å²) in [4.78, 5) is 13.9. The van der Waals surface area contributed by atoms with Crippen molar-refractivity contribution in [3.8, 4) is 6.07 Å². The lowest BCUT2D eigenvalue weighted by atomic mass is 9.82. The first-order valence-electron chi connectivity index (χ1n) is 6.19. The molecule has 1 saturated heterocycles. The summed E-state index contributed by atoms with van der Waals surface area (Å²) in [5, 5.41) is 12.0. The van der Waals surface area contributed by atoms with Crippen LogP contribution < -0.4 is 5.32 Å². The van der Waals surface area contributed by atoms with Crippen molar-refractivity contribution in [2.24, 2.45) is 5.41 Å². The molecule has 4 nitrogen and oxygen atoms in total. The van der Waals surface area contributed by atoms with Crippen LogP contribution in [-0.4, -0.2) is 36.0 Å². The Morgan fingerprint density at radius 1 is 1.41 bits per heavy atom. The van der Waals surface area contributed by atoms with Gasteiger partial charge in [-0.25, -0.2) is 0 Å². The normalized spacial score (nSPS) is 20.6. The van der Waals surface area contributed by atoms with Gasteiger partial charge in [0.2, 0.25) is 5.91 Å². The van der Waals surface area contributed by atoms with Gasteiger partial charge >= 0.3 is 0 Å². The predicted octanol–water partition coefficient (Wildman–Crippen LogP) is 1.53. The second-order valence-electron chi connectivity index (χ2n) is 6.25. The maximum atomic E-state index is 11.7. The molecular weight excluding hydrogens is 214 g/mol. The fourth-order valence-electron chi connectivity index (χ4n) is 1.98. The van der Waals surface area contributed by atoms with Gasteiger partial charge in [-0.1, -0.05) is 0 Å². The van der Waals surface area contributed by atoms with Gasteiger partial charge in [-0.3, -0.25) is 9.69 Å². The molecule has 0 radical (unpaired) electrons. The zero-order valence-electron chi connectivity index (χ0n) is 11.3. The molecule has 1 aliphatic heterocycles. The molecule has 0 bridgehead atoms. The number of rotatable bonds is 2. The van der Waals surface area contributed by atoms with E-state index in [0.717, 1.165) is 25.9 Å². The van der Waals surface area contributed by atoms with E-state index in [9.17, 15) is 4.79 Å². The topological polar surface area (TPSA) is 56.1 Å². The van der Waals surface area contributed by atoms with Crippen molar-refractivity contribution in [1.29, 1.82) is 5.26 Å². The molecule has 0 aliphatic carbocycles. The summed E-state index contributed by atoms with van der Waals surface area (Å²) in [5.41, 5.74) is -0.370. The van der Waals surface area contributed by atoms with Crippen LogP contribution in [0.1, 0.15) is 40.5 Å². The maximum Gasteiger partial charge on any atom is 0.234 e. The summed E-state index contributed by atoms with van der Waals surface area (Å²) in [7, 11) is 0.